The lowest BCUT2D eigenvalue weighted by Gasteiger charge is -2.14. The number of aryl methyl sites for hydroxylation is 1. The van der Waals surface area contributed by atoms with Crippen LogP contribution in [-0.2, 0) is 6.18 Å². The molecule has 1 heterocycles. The summed E-state index contributed by atoms with van der Waals surface area (Å²) in [6, 6.07) is 8.90. The lowest BCUT2D eigenvalue weighted by molar-refractivity contribution is -0.137. The maximum Gasteiger partial charge on any atom is 0.416 e. The van der Waals surface area contributed by atoms with Crippen LogP contribution >= 0.6 is 0 Å². The molecule has 0 aliphatic rings. The van der Waals surface area contributed by atoms with E-state index < -0.39 is 17.8 Å². The third-order valence-electron chi connectivity index (χ3n) is 3.55. The number of rotatable bonds is 3. The molecule has 3 N–H and O–H groups in total. The van der Waals surface area contributed by atoms with Gasteiger partial charge in [0.1, 0.15) is 0 Å². The summed E-state index contributed by atoms with van der Waals surface area (Å²) in [6.45, 7) is 1.77. The van der Waals surface area contributed by atoms with Crippen molar-refractivity contribution in [1.82, 2.24) is 20.6 Å². The van der Waals surface area contributed by atoms with Crippen molar-refractivity contribution in [2.75, 3.05) is 10.6 Å². The number of carbonyl (C=O) groups is 1. The van der Waals surface area contributed by atoms with Gasteiger partial charge in [0, 0.05) is 11.3 Å². The number of alkyl halides is 3. The summed E-state index contributed by atoms with van der Waals surface area (Å²) in [5.41, 5.74) is 0.855. The number of H-pyrrole nitrogens is 1. The van der Waals surface area contributed by atoms with E-state index in [0.29, 0.717) is 11.3 Å². The van der Waals surface area contributed by atoms with Crippen LogP contribution in [0.4, 0.5) is 29.3 Å². The second-order valence-electron chi connectivity index (χ2n) is 5.39. The van der Waals surface area contributed by atoms with Gasteiger partial charge < -0.3 is 10.6 Å². The molecule has 0 aliphatic heterocycles. The lowest BCUT2D eigenvalue weighted by atomic mass is 10.1. The second-order valence-corrected chi connectivity index (χ2v) is 5.39. The van der Waals surface area contributed by atoms with Gasteiger partial charge in [-0.1, -0.05) is 18.2 Å². The molecule has 7 nitrogen and oxygen atoms in total. The van der Waals surface area contributed by atoms with Crippen LogP contribution in [0.5, 0.6) is 0 Å². The van der Waals surface area contributed by atoms with Gasteiger partial charge in [-0.3, -0.25) is 0 Å². The van der Waals surface area contributed by atoms with Crippen LogP contribution in [0.2, 0.25) is 0 Å². The van der Waals surface area contributed by atoms with Gasteiger partial charge in [0.25, 0.3) is 0 Å². The summed E-state index contributed by atoms with van der Waals surface area (Å²) in [7, 11) is 0. The molecule has 3 rings (SSSR count). The third-order valence-corrected chi connectivity index (χ3v) is 3.55. The molecule has 10 heteroatoms. The SMILES string of the molecule is Cc1cccc(-c2nn[nH]n2)c1NC(=O)Nc1cccc(C(F)(F)F)c1. The molecule has 0 radical (unpaired) electrons. The van der Waals surface area contributed by atoms with E-state index >= 15 is 0 Å². The normalized spacial score (nSPS) is 11.2. The molecule has 0 spiro atoms. The fourth-order valence-electron chi connectivity index (χ4n) is 2.35. The molecule has 0 atom stereocenters. The Morgan fingerprint density at radius 1 is 1.12 bits per heavy atom. The fourth-order valence-corrected chi connectivity index (χ4v) is 2.35. The number of hydrogen-bond acceptors (Lipinski definition) is 4. The number of nitrogens with one attached hydrogen (secondary N) is 3. The number of amides is 2. The van der Waals surface area contributed by atoms with Gasteiger partial charge in [-0.25, -0.2) is 4.79 Å². The average Bonchev–Trinajstić information content (AvgIpc) is 3.10. The molecule has 0 unspecified atom stereocenters. The van der Waals surface area contributed by atoms with E-state index in [1.54, 1.807) is 25.1 Å². The maximum absolute atomic E-state index is 12.8. The Labute approximate surface area is 145 Å². The Kier molecular flexibility index (Phi) is 4.57. The quantitative estimate of drug-likeness (QED) is 0.660. The Bertz CT molecular complexity index is 924. The number of benzene rings is 2. The molecule has 0 aliphatic carbocycles. The summed E-state index contributed by atoms with van der Waals surface area (Å²) in [5, 5.41) is 18.6. The first-order valence-electron chi connectivity index (χ1n) is 7.43. The van der Waals surface area contributed by atoms with Gasteiger partial charge in [0.05, 0.1) is 11.3 Å². The van der Waals surface area contributed by atoms with E-state index in [-0.39, 0.29) is 11.5 Å². The Morgan fingerprint density at radius 2 is 1.88 bits per heavy atom. The van der Waals surface area contributed by atoms with Crippen LogP contribution < -0.4 is 10.6 Å². The average molecular weight is 362 g/mol. The van der Waals surface area contributed by atoms with Crippen molar-refractivity contribution < 1.29 is 18.0 Å². The summed E-state index contributed by atoms with van der Waals surface area (Å²) in [4.78, 5) is 12.2. The monoisotopic (exact) mass is 362 g/mol. The number of nitrogens with zero attached hydrogens (tertiary/aromatic N) is 3. The molecular weight excluding hydrogens is 349 g/mol. The first-order valence-corrected chi connectivity index (χ1v) is 7.43. The topological polar surface area (TPSA) is 95.6 Å². The van der Waals surface area contributed by atoms with Gasteiger partial charge >= 0.3 is 12.2 Å². The van der Waals surface area contributed by atoms with Crippen LogP contribution in [0, 0.1) is 6.92 Å². The van der Waals surface area contributed by atoms with Crippen molar-refractivity contribution in [2.45, 2.75) is 13.1 Å². The Balaban J connectivity index is 1.82. The predicted octanol–water partition coefficient (Wildman–Crippen LogP) is 3.84. The predicted molar refractivity (Wildman–Crippen MR) is 88.4 cm³/mol. The van der Waals surface area contributed by atoms with E-state index in [4.69, 9.17) is 0 Å². The zero-order valence-electron chi connectivity index (χ0n) is 13.4. The number of halogens is 3. The third kappa shape index (κ3) is 3.79. The number of anilines is 2. The van der Waals surface area contributed by atoms with E-state index in [1.165, 1.54) is 12.1 Å². The summed E-state index contributed by atoms with van der Waals surface area (Å²) in [6.07, 6.45) is -4.49. The maximum atomic E-state index is 12.8. The van der Waals surface area contributed by atoms with E-state index in [0.717, 1.165) is 17.7 Å². The molecule has 134 valence electrons. The van der Waals surface area contributed by atoms with Crippen molar-refractivity contribution in [3.8, 4) is 11.4 Å². The molecule has 2 aromatic carbocycles. The number of carbonyl (C=O) groups excluding carboxylic acids is 1. The highest BCUT2D eigenvalue weighted by atomic mass is 19.4. The second kappa shape index (κ2) is 6.82. The van der Waals surface area contributed by atoms with Gasteiger partial charge in [-0.2, -0.15) is 18.4 Å². The van der Waals surface area contributed by atoms with E-state index in [2.05, 4.69) is 31.3 Å². The van der Waals surface area contributed by atoms with Crippen LogP contribution in [0.1, 0.15) is 11.1 Å². The summed E-state index contributed by atoms with van der Waals surface area (Å²) >= 11 is 0. The summed E-state index contributed by atoms with van der Waals surface area (Å²) in [5.74, 6) is 0.281. The highest BCUT2D eigenvalue weighted by molar-refractivity contribution is 6.02. The standard InChI is InChI=1S/C16H13F3N6O/c1-9-4-2-7-12(14-22-24-25-23-14)13(9)21-15(26)20-11-6-3-5-10(8-11)16(17,18)19/h2-8H,1H3,(H2,20,21,26)(H,22,23,24,25). The minimum absolute atomic E-state index is 0.0204. The van der Waals surface area contributed by atoms with Crippen LogP contribution in [-0.4, -0.2) is 26.7 Å². The van der Waals surface area contributed by atoms with Crippen molar-refractivity contribution in [1.29, 1.82) is 0 Å². The first kappa shape index (κ1) is 17.4. The van der Waals surface area contributed by atoms with Gasteiger partial charge in [0.15, 0.2) is 0 Å². The minimum Gasteiger partial charge on any atom is -0.308 e. The number of para-hydroxylation sites is 1. The summed E-state index contributed by atoms with van der Waals surface area (Å²) < 4.78 is 38.3. The van der Waals surface area contributed by atoms with Crippen LogP contribution in [0.15, 0.2) is 42.5 Å². The van der Waals surface area contributed by atoms with Crippen molar-refractivity contribution in [3.63, 3.8) is 0 Å². The Hall–Kier alpha value is -3.43. The zero-order chi connectivity index (χ0) is 18.7. The molecule has 1 aromatic heterocycles. The van der Waals surface area contributed by atoms with Gasteiger partial charge in [-0.05, 0) is 42.0 Å². The van der Waals surface area contributed by atoms with Crippen molar-refractivity contribution in [2.24, 2.45) is 0 Å². The Morgan fingerprint density at radius 3 is 2.58 bits per heavy atom. The molecular formula is C16H13F3N6O. The number of aromatic amines is 1. The lowest BCUT2D eigenvalue weighted by Crippen LogP contribution is -2.21. The molecule has 2 amide bonds. The smallest absolute Gasteiger partial charge is 0.308 e. The van der Waals surface area contributed by atoms with E-state index in [9.17, 15) is 18.0 Å². The van der Waals surface area contributed by atoms with Crippen LogP contribution in [0.25, 0.3) is 11.4 Å². The first-order chi connectivity index (χ1) is 12.3. The number of aromatic nitrogens is 4. The molecule has 0 saturated heterocycles. The number of tetrazole rings is 1. The largest absolute Gasteiger partial charge is 0.416 e. The molecule has 0 saturated carbocycles. The molecule has 0 fully saturated rings. The van der Waals surface area contributed by atoms with Gasteiger partial charge in [0.2, 0.25) is 5.82 Å². The zero-order valence-corrected chi connectivity index (χ0v) is 13.4. The van der Waals surface area contributed by atoms with Crippen molar-refractivity contribution >= 4 is 17.4 Å². The molecule has 3 aromatic rings. The number of urea groups is 1. The van der Waals surface area contributed by atoms with E-state index in [1.807, 2.05) is 0 Å². The fraction of sp³-hybridized carbons (Fsp3) is 0.125. The number of hydrogen-bond donors (Lipinski definition) is 3. The van der Waals surface area contributed by atoms with Crippen LogP contribution in [0.3, 0.4) is 0 Å². The highest BCUT2D eigenvalue weighted by Gasteiger charge is 2.30. The van der Waals surface area contributed by atoms with Gasteiger partial charge in [-0.15, -0.1) is 10.2 Å². The highest BCUT2D eigenvalue weighted by Crippen LogP contribution is 2.31. The molecule has 26 heavy (non-hydrogen) atoms. The molecule has 0 bridgehead atoms. The minimum atomic E-state index is -4.49. The van der Waals surface area contributed by atoms with Crippen molar-refractivity contribution in [3.05, 3.63) is 53.6 Å².